The fourth-order valence-electron chi connectivity index (χ4n) is 2.36. The van der Waals surface area contributed by atoms with E-state index in [-0.39, 0.29) is 12.3 Å². The molecule has 3 nitrogen and oxygen atoms in total. The molecule has 0 amide bonds. The van der Waals surface area contributed by atoms with Gasteiger partial charge in [-0.3, -0.25) is 0 Å². The maximum Gasteiger partial charge on any atom is 0.235 e. The summed E-state index contributed by atoms with van der Waals surface area (Å²) in [5.74, 6) is 0.250. The van der Waals surface area contributed by atoms with Crippen LogP contribution in [0.25, 0.3) is 0 Å². The minimum absolute atomic E-state index is 0.249. The lowest BCUT2D eigenvalue weighted by Crippen LogP contribution is -1.98. The number of aromatic hydroxyl groups is 1. The second-order valence-corrected chi connectivity index (χ2v) is 4.17. The monoisotopic (exact) mass is 217 g/mol. The van der Waals surface area contributed by atoms with Gasteiger partial charge in [-0.1, -0.05) is 12.5 Å². The first-order chi connectivity index (χ1) is 7.83. The van der Waals surface area contributed by atoms with Gasteiger partial charge in [0.2, 0.25) is 6.08 Å². The molecular weight excluding hydrogens is 202 g/mol. The molecule has 1 aromatic rings. The van der Waals surface area contributed by atoms with Crippen molar-refractivity contribution < 1.29 is 9.90 Å². The maximum atomic E-state index is 10.2. The Morgan fingerprint density at radius 3 is 2.88 bits per heavy atom. The topological polar surface area (TPSA) is 49.7 Å². The lowest BCUT2D eigenvalue weighted by atomic mass is 9.96. The summed E-state index contributed by atoms with van der Waals surface area (Å²) in [4.78, 5) is 13.7. The Morgan fingerprint density at radius 1 is 1.25 bits per heavy atom. The predicted octanol–water partition coefficient (Wildman–Crippen LogP) is 2.50. The fraction of sp³-hybridized carbons (Fsp3) is 0.462. The predicted molar refractivity (Wildman–Crippen MR) is 61.2 cm³/mol. The number of nitrogens with zero attached hydrogens (tertiary/aromatic N) is 1. The zero-order chi connectivity index (χ0) is 11.4. The van der Waals surface area contributed by atoms with Gasteiger partial charge in [-0.2, -0.15) is 0 Å². The van der Waals surface area contributed by atoms with E-state index in [9.17, 15) is 9.90 Å². The third-order valence-electron chi connectivity index (χ3n) is 3.18. The number of hydrogen-bond donors (Lipinski definition) is 1. The Kier molecular flexibility index (Phi) is 3.37. The molecule has 0 saturated heterocycles. The van der Waals surface area contributed by atoms with Gasteiger partial charge in [-0.25, -0.2) is 9.79 Å². The molecule has 0 aromatic heterocycles. The molecule has 0 saturated carbocycles. The largest absolute Gasteiger partial charge is 0.508 e. The van der Waals surface area contributed by atoms with Crippen LogP contribution in [-0.4, -0.2) is 11.2 Å². The normalized spacial score (nSPS) is 14.8. The van der Waals surface area contributed by atoms with E-state index in [4.69, 9.17) is 0 Å². The van der Waals surface area contributed by atoms with Crippen LogP contribution in [0.15, 0.2) is 17.1 Å². The summed E-state index contributed by atoms with van der Waals surface area (Å²) < 4.78 is 0. The molecular formula is C13H15NO2. The molecule has 1 aliphatic carbocycles. The smallest absolute Gasteiger partial charge is 0.235 e. The lowest BCUT2D eigenvalue weighted by molar-refractivity contribution is 0.466. The van der Waals surface area contributed by atoms with E-state index >= 15 is 0 Å². The fourth-order valence-corrected chi connectivity index (χ4v) is 2.36. The van der Waals surface area contributed by atoms with Gasteiger partial charge in [-0.15, -0.1) is 0 Å². The standard InChI is InChI=1S/C13H15NO2/c15-9-14-8-12-11-5-3-1-2-4-10(11)6-7-13(12)16/h6-7,16H,1-5,8H2. The molecule has 1 aliphatic rings. The zero-order valence-electron chi connectivity index (χ0n) is 9.20. The van der Waals surface area contributed by atoms with Crippen molar-refractivity contribution in [2.24, 2.45) is 4.99 Å². The third-order valence-corrected chi connectivity index (χ3v) is 3.18. The minimum atomic E-state index is 0.249. The minimum Gasteiger partial charge on any atom is -0.508 e. The first kappa shape index (κ1) is 10.9. The van der Waals surface area contributed by atoms with Crippen LogP contribution in [0.2, 0.25) is 0 Å². The number of phenolic OH excluding ortho intramolecular Hbond substituents is 1. The summed E-state index contributed by atoms with van der Waals surface area (Å²) in [7, 11) is 0. The van der Waals surface area contributed by atoms with Crippen molar-refractivity contribution in [3.05, 3.63) is 28.8 Å². The molecule has 0 atom stereocenters. The molecule has 0 bridgehead atoms. The van der Waals surface area contributed by atoms with E-state index in [1.807, 2.05) is 6.07 Å². The van der Waals surface area contributed by atoms with Crippen molar-refractivity contribution in [3.63, 3.8) is 0 Å². The van der Waals surface area contributed by atoms with Crippen LogP contribution in [0.5, 0.6) is 5.75 Å². The van der Waals surface area contributed by atoms with Crippen LogP contribution in [0.1, 0.15) is 36.0 Å². The van der Waals surface area contributed by atoms with Crippen molar-refractivity contribution >= 4 is 6.08 Å². The highest BCUT2D eigenvalue weighted by Crippen LogP contribution is 2.30. The van der Waals surface area contributed by atoms with Gasteiger partial charge in [0.15, 0.2) is 0 Å². The van der Waals surface area contributed by atoms with E-state index in [1.165, 1.54) is 30.0 Å². The van der Waals surface area contributed by atoms with Gasteiger partial charge in [0.25, 0.3) is 0 Å². The number of phenols is 1. The number of hydrogen-bond acceptors (Lipinski definition) is 3. The third kappa shape index (κ3) is 2.15. The van der Waals surface area contributed by atoms with Crippen molar-refractivity contribution in [1.82, 2.24) is 0 Å². The molecule has 0 spiro atoms. The number of aryl methyl sites for hydroxylation is 1. The van der Waals surface area contributed by atoms with Crippen molar-refractivity contribution in [2.45, 2.75) is 38.6 Å². The van der Waals surface area contributed by atoms with Crippen LogP contribution < -0.4 is 0 Å². The van der Waals surface area contributed by atoms with Gasteiger partial charge in [-0.05, 0) is 42.9 Å². The molecule has 2 rings (SSSR count). The molecule has 1 N–H and O–H groups in total. The Morgan fingerprint density at radius 2 is 2.06 bits per heavy atom. The zero-order valence-corrected chi connectivity index (χ0v) is 9.20. The Labute approximate surface area is 94.8 Å². The van der Waals surface area contributed by atoms with Gasteiger partial charge < -0.3 is 5.11 Å². The highest BCUT2D eigenvalue weighted by atomic mass is 16.3. The molecule has 0 radical (unpaired) electrons. The molecule has 0 unspecified atom stereocenters. The molecule has 3 heteroatoms. The second kappa shape index (κ2) is 4.95. The number of carbonyl (C=O) groups excluding carboxylic acids is 1. The first-order valence-electron chi connectivity index (χ1n) is 5.69. The second-order valence-electron chi connectivity index (χ2n) is 4.17. The van der Waals surface area contributed by atoms with E-state index in [2.05, 4.69) is 4.99 Å². The summed E-state index contributed by atoms with van der Waals surface area (Å²) in [6.07, 6.45) is 7.15. The summed E-state index contributed by atoms with van der Waals surface area (Å²) >= 11 is 0. The summed E-state index contributed by atoms with van der Waals surface area (Å²) in [5, 5.41) is 9.80. The SMILES string of the molecule is O=C=NCc1c(O)ccc2c1CCCCC2. The maximum absolute atomic E-state index is 10.2. The van der Waals surface area contributed by atoms with Gasteiger partial charge in [0.1, 0.15) is 5.75 Å². The van der Waals surface area contributed by atoms with Crippen LogP contribution in [0, 0.1) is 0 Å². The number of rotatable bonds is 2. The van der Waals surface area contributed by atoms with E-state index in [0.29, 0.717) is 0 Å². The number of fused-ring (bicyclic) bond motifs is 1. The Bertz CT molecular complexity index is 434. The van der Waals surface area contributed by atoms with Crippen molar-refractivity contribution in [1.29, 1.82) is 0 Å². The number of benzene rings is 1. The average Bonchev–Trinajstić information content (AvgIpc) is 2.53. The van der Waals surface area contributed by atoms with Crippen LogP contribution in [0.3, 0.4) is 0 Å². The van der Waals surface area contributed by atoms with Gasteiger partial charge in [0.05, 0.1) is 6.54 Å². The molecule has 0 aliphatic heterocycles. The van der Waals surface area contributed by atoms with Gasteiger partial charge >= 0.3 is 0 Å². The van der Waals surface area contributed by atoms with E-state index in [1.54, 1.807) is 6.07 Å². The highest BCUT2D eigenvalue weighted by molar-refractivity contribution is 5.46. The van der Waals surface area contributed by atoms with Crippen LogP contribution in [-0.2, 0) is 24.2 Å². The van der Waals surface area contributed by atoms with E-state index in [0.717, 1.165) is 24.8 Å². The summed E-state index contributed by atoms with van der Waals surface area (Å²) in [6.45, 7) is 0.249. The molecule has 0 heterocycles. The van der Waals surface area contributed by atoms with Gasteiger partial charge in [0, 0.05) is 5.56 Å². The van der Waals surface area contributed by atoms with Crippen molar-refractivity contribution in [2.75, 3.05) is 0 Å². The summed E-state index contributed by atoms with van der Waals surface area (Å²) in [5.41, 5.74) is 3.30. The molecule has 0 fully saturated rings. The Hall–Kier alpha value is -1.60. The molecule has 84 valence electrons. The Balaban J connectivity index is 2.43. The van der Waals surface area contributed by atoms with Crippen LogP contribution >= 0.6 is 0 Å². The highest BCUT2D eigenvalue weighted by Gasteiger charge is 2.14. The van der Waals surface area contributed by atoms with Crippen molar-refractivity contribution in [3.8, 4) is 5.75 Å². The summed E-state index contributed by atoms with van der Waals surface area (Å²) in [6, 6.07) is 3.70. The molecule has 1 aromatic carbocycles. The lowest BCUT2D eigenvalue weighted by Gasteiger charge is -2.12. The number of aliphatic imine (C=N–C) groups is 1. The number of isocyanates is 1. The molecule has 16 heavy (non-hydrogen) atoms. The quantitative estimate of drug-likeness (QED) is 0.470. The van der Waals surface area contributed by atoms with Crippen LogP contribution in [0.4, 0.5) is 0 Å². The first-order valence-corrected chi connectivity index (χ1v) is 5.69. The average molecular weight is 217 g/mol. The van der Waals surface area contributed by atoms with E-state index < -0.39 is 0 Å².